The van der Waals surface area contributed by atoms with Crippen molar-refractivity contribution < 1.29 is 0 Å². The minimum Gasteiger partial charge on any atom is -0.312 e. The number of benzene rings is 7. The zero-order chi connectivity index (χ0) is 35.7. The molecular formula is C52H38N2. The van der Waals surface area contributed by atoms with Crippen LogP contribution in [-0.2, 0) is 6.42 Å². The third-order valence-electron chi connectivity index (χ3n) is 12.9. The van der Waals surface area contributed by atoms with Crippen molar-refractivity contribution in [2.75, 3.05) is 0 Å². The van der Waals surface area contributed by atoms with Crippen molar-refractivity contribution in [1.29, 1.82) is 0 Å². The van der Waals surface area contributed by atoms with Crippen LogP contribution in [0.25, 0.3) is 77.5 Å². The van der Waals surface area contributed by atoms with Crippen LogP contribution in [0.1, 0.15) is 54.3 Å². The third kappa shape index (κ3) is 4.00. The highest BCUT2D eigenvalue weighted by Crippen LogP contribution is 2.55. The Kier molecular flexibility index (Phi) is 6.04. The lowest BCUT2D eigenvalue weighted by Crippen LogP contribution is -2.27. The second-order valence-corrected chi connectivity index (χ2v) is 16.0. The van der Waals surface area contributed by atoms with E-state index in [0.29, 0.717) is 5.92 Å². The van der Waals surface area contributed by atoms with Crippen molar-refractivity contribution >= 4 is 55.0 Å². The van der Waals surface area contributed by atoms with E-state index in [4.69, 9.17) is 0 Å². The van der Waals surface area contributed by atoms with Gasteiger partial charge in [-0.2, -0.15) is 0 Å². The van der Waals surface area contributed by atoms with Crippen molar-refractivity contribution in [3.05, 3.63) is 191 Å². The number of rotatable bonds is 2. The van der Waals surface area contributed by atoms with Gasteiger partial charge in [0.2, 0.25) is 0 Å². The van der Waals surface area contributed by atoms with Gasteiger partial charge in [-0.1, -0.05) is 147 Å². The highest BCUT2D eigenvalue weighted by atomic mass is 15.0. The van der Waals surface area contributed by atoms with Gasteiger partial charge in [0, 0.05) is 49.9 Å². The predicted molar refractivity (Wildman–Crippen MR) is 227 cm³/mol. The normalized spacial score (nSPS) is 18.5. The fraction of sp³-hybridized carbons (Fsp3) is 0.115. The summed E-state index contributed by atoms with van der Waals surface area (Å²) in [5.74, 6) is 0.332. The first-order valence-electron chi connectivity index (χ1n) is 19.4. The van der Waals surface area contributed by atoms with E-state index >= 15 is 0 Å². The zero-order valence-corrected chi connectivity index (χ0v) is 30.5. The molecule has 0 radical (unpaired) electrons. The molecule has 54 heavy (non-hydrogen) atoms. The fourth-order valence-corrected chi connectivity index (χ4v) is 10.5. The van der Waals surface area contributed by atoms with E-state index in [9.17, 15) is 0 Å². The maximum atomic E-state index is 2.66. The monoisotopic (exact) mass is 690 g/mol. The van der Waals surface area contributed by atoms with Gasteiger partial charge in [0.25, 0.3) is 0 Å². The smallest absolute Gasteiger partial charge is 0.0577 e. The van der Waals surface area contributed by atoms with Gasteiger partial charge in [-0.3, -0.25) is 0 Å². The van der Waals surface area contributed by atoms with Gasteiger partial charge >= 0.3 is 0 Å². The average molecular weight is 691 g/mol. The molecule has 2 unspecified atom stereocenters. The molecule has 256 valence electrons. The fourth-order valence-electron chi connectivity index (χ4n) is 10.5. The lowest BCUT2D eigenvalue weighted by molar-refractivity contribution is 0.471. The molecule has 2 nitrogen and oxygen atoms in total. The van der Waals surface area contributed by atoms with E-state index in [1.165, 1.54) is 105 Å². The summed E-state index contributed by atoms with van der Waals surface area (Å²) in [6.45, 7) is 4.97. The molecule has 2 aliphatic carbocycles. The summed E-state index contributed by atoms with van der Waals surface area (Å²) >= 11 is 0. The van der Waals surface area contributed by atoms with Crippen LogP contribution in [-0.4, -0.2) is 9.13 Å². The van der Waals surface area contributed by atoms with E-state index in [1.54, 1.807) is 0 Å². The van der Waals surface area contributed by atoms with Crippen LogP contribution in [0.2, 0.25) is 0 Å². The Morgan fingerprint density at radius 2 is 1.17 bits per heavy atom. The number of hydrogen-bond acceptors (Lipinski definition) is 0. The number of nitrogens with zero attached hydrogens (tertiary/aromatic N) is 2. The van der Waals surface area contributed by atoms with E-state index in [-0.39, 0.29) is 5.41 Å². The standard InChI is InChI=1S/C52H38N2/c1-32-26-36(29-43-39-20-8-11-23-48(39)53(50(32)43)46-25-13-17-33-14-5-6-18-37(33)46)52(2)30-44-40-21-9-12-24-49(40)54-47-22-10-7-19-38(47)41-27-34-15-3-4-16-35(34)28-42(41)45(31-52)51(44)54/h3-25,27-29,31-32H,26,30H2,1-2H3. The molecule has 0 saturated carbocycles. The van der Waals surface area contributed by atoms with Gasteiger partial charge in [-0.25, -0.2) is 0 Å². The topological polar surface area (TPSA) is 9.86 Å². The molecule has 1 aliphatic heterocycles. The molecule has 7 aromatic carbocycles. The lowest BCUT2D eigenvalue weighted by atomic mass is 9.66. The SMILES string of the molecule is CC1CC(C2(C)C=C3c4cc5ccccc5cc4-c4ccccc4-n4c3c(c3ccccc34)C2)=Cc2c1n(-c1cccc3ccccc13)c1ccccc21. The van der Waals surface area contributed by atoms with Crippen LogP contribution < -0.4 is 0 Å². The Balaban J connectivity index is 1.14. The molecule has 0 N–H and O–H groups in total. The van der Waals surface area contributed by atoms with Crippen LogP contribution in [0.5, 0.6) is 0 Å². The molecule has 0 spiro atoms. The summed E-state index contributed by atoms with van der Waals surface area (Å²) in [7, 11) is 0. The van der Waals surface area contributed by atoms with Crippen LogP contribution in [0, 0.1) is 5.41 Å². The molecule has 0 fully saturated rings. The summed E-state index contributed by atoms with van der Waals surface area (Å²) in [5, 5.41) is 7.82. The Labute approximate surface area is 314 Å². The first kappa shape index (κ1) is 30.1. The molecule has 9 aromatic rings. The molecule has 3 heterocycles. The number of fused-ring (bicyclic) bond motifs is 13. The van der Waals surface area contributed by atoms with Crippen LogP contribution in [0.15, 0.2) is 163 Å². The molecule has 0 saturated heterocycles. The maximum Gasteiger partial charge on any atom is 0.0577 e. The quantitative estimate of drug-likeness (QED) is 0.171. The molecule has 0 bridgehead atoms. The minimum atomic E-state index is -0.189. The molecule has 2 aromatic heterocycles. The number of aromatic nitrogens is 2. The van der Waals surface area contributed by atoms with Gasteiger partial charge in [-0.05, 0) is 82.1 Å². The highest BCUT2D eigenvalue weighted by molar-refractivity contribution is 6.06. The van der Waals surface area contributed by atoms with Crippen molar-refractivity contribution in [3.8, 4) is 22.5 Å². The average Bonchev–Trinajstić information content (AvgIpc) is 3.69. The van der Waals surface area contributed by atoms with E-state index in [2.05, 4.69) is 187 Å². The highest BCUT2D eigenvalue weighted by Gasteiger charge is 2.41. The van der Waals surface area contributed by atoms with Gasteiger partial charge in [-0.15, -0.1) is 0 Å². The number of hydrogen-bond donors (Lipinski definition) is 0. The summed E-state index contributed by atoms with van der Waals surface area (Å²) in [5.41, 5.74) is 17.3. The van der Waals surface area contributed by atoms with Crippen molar-refractivity contribution in [2.24, 2.45) is 5.41 Å². The summed E-state index contributed by atoms with van der Waals surface area (Å²) in [6.07, 6.45) is 7.22. The Morgan fingerprint density at radius 1 is 0.556 bits per heavy atom. The molecule has 0 amide bonds. The second-order valence-electron chi connectivity index (χ2n) is 16.0. The summed E-state index contributed by atoms with van der Waals surface area (Å²) in [4.78, 5) is 0. The van der Waals surface area contributed by atoms with E-state index < -0.39 is 0 Å². The van der Waals surface area contributed by atoms with Crippen molar-refractivity contribution in [3.63, 3.8) is 0 Å². The molecule has 2 atom stereocenters. The minimum absolute atomic E-state index is 0.189. The van der Waals surface area contributed by atoms with Crippen LogP contribution in [0.3, 0.4) is 0 Å². The Bertz CT molecular complexity index is 3140. The molecule has 3 aliphatic rings. The van der Waals surface area contributed by atoms with Gasteiger partial charge in [0.1, 0.15) is 0 Å². The Morgan fingerprint density at radius 3 is 1.98 bits per heavy atom. The third-order valence-corrected chi connectivity index (χ3v) is 12.9. The molecule has 12 rings (SSSR count). The van der Waals surface area contributed by atoms with Gasteiger partial charge < -0.3 is 9.13 Å². The van der Waals surface area contributed by atoms with Gasteiger partial charge in [0.05, 0.1) is 28.1 Å². The van der Waals surface area contributed by atoms with Crippen molar-refractivity contribution in [2.45, 2.75) is 32.6 Å². The maximum absolute atomic E-state index is 2.66. The van der Waals surface area contributed by atoms with Crippen LogP contribution in [0.4, 0.5) is 0 Å². The van der Waals surface area contributed by atoms with Crippen LogP contribution >= 0.6 is 0 Å². The summed E-state index contributed by atoms with van der Waals surface area (Å²) < 4.78 is 5.14. The first-order valence-corrected chi connectivity index (χ1v) is 19.4. The molecule has 2 heteroatoms. The molecular weight excluding hydrogens is 653 g/mol. The zero-order valence-electron chi connectivity index (χ0n) is 30.5. The van der Waals surface area contributed by atoms with Crippen molar-refractivity contribution in [1.82, 2.24) is 9.13 Å². The summed E-state index contributed by atoms with van der Waals surface area (Å²) in [6, 6.07) is 56.5. The lowest BCUT2D eigenvalue weighted by Gasteiger charge is -2.38. The van der Waals surface area contributed by atoms with Gasteiger partial charge in [0.15, 0.2) is 0 Å². The largest absolute Gasteiger partial charge is 0.312 e. The number of para-hydroxylation sites is 3. The first-order chi connectivity index (χ1) is 26.6. The Hall–Kier alpha value is -6.38. The predicted octanol–water partition coefficient (Wildman–Crippen LogP) is 13.4. The van der Waals surface area contributed by atoms with E-state index in [1.807, 2.05) is 0 Å². The van der Waals surface area contributed by atoms with E-state index in [0.717, 1.165) is 12.8 Å². The number of allylic oxidation sites excluding steroid dienone is 2. The second kappa shape index (κ2) is 10.8.